The molecular weight excluding hydrogens is 254 g/mol. The summed E-state index contributed by atoms with van der Waals surface area (Å²) in [5.41, 5.74) is 0. The van der Waals surface area contributed by atoms with Crippen molar-refractivity contribution in [2.24, 2.45) is 0 Å². The van der Waals surface area contributed by atoms with Crippen molar-refractivity contribution in [2.75, 3.05) is 20.1 Å². The molecule has 2 amide bonds. The molecule has 5 heteroatoms. The maximum Gasteiger partial charge on any atom is 0.237 e. The van der Waals surface area contributed by atoms with Crippen LogP contribution in [0.2, 0.25) is 0 Å². The minimum atomic E-state index is -0.125. The number of carbonyl (C=O) groups excluding carboxylic acids is 2. The molecule has 2 aliphatic rings. The number of hydrogen-bond acceptors (Lipinski definition) is 3. The lowest BCUT2D eigenvalue weighted by molar-refractivity contribution is -0.127. The highest BCUT2D eigenvalue weighted by Crippen LogP contribution is 2.18. The average Bonchev–Trinajstić information content (AvgIpc) is 2.73. The van der Waals surface area contributed by atoms with Crippen LogP contribution < -0.4 is 10.6 Å². The maximum absolute atomic E-state index is 12.2. The molecule has 0 aromatic carbocycles. The van der Waals surface area contributed by atoms with Gasteiger partial charge in [-0.15, -0.1) is 0 Å². The molecule has 0 aromatic rings. The van der Waals surface area contributed by atoms with Crippen LogP contribution in [0.25, 0.3) is 0 Å². The monoisotopic (exact) mass is 281 g/mol. The van der Waals surface area contributed by atoms with Gasteiger partial charge >= 0.3 is 0 Å². The van der Waals surface area contributed by atoms with Crippen molar-refractivity contribution in [3.05, 3.63) is 0 Å². The Kier molecular flexibility index (Phi) is 5.83. The molecule has 1 saturated heterocycles. The van der Waals surface area contributed by atoms with E-state index >= 15 is 0 Å². The Bertz CT molecular complexity index is 338. The summed E-state index contributed by atoms with van der Waals surface area (Å²) in [5.74, 6) is 0.109. The van der Waals surface area contributed by atoms with Crippen molar-refractivity contribution in [3.63, 3.8) is 0 Å². The van der Waals surface area contributed by atoms with E-state index in [0.717, 1.165) is 32.2 Å². The fraction of sp³-hybridized carbons (Fsp3) is 0.867. The number of carbonyl (C=O) groups is 2. The van der Waals surface area contributed by atoms with Crippen molar-refractivity contribution in [1.82, 2.24) is 15.5 Å². The van der Waals surface area contributed by atoms with Crippen LogP contribution in [0.4, 0.5) is 0 Å². The Balaban J connectivity index is 1.79. The minimum absolute atomic E-state index is 0.0322. The Morgan fingerprint density at radius 1 is 1.05 bits per heavy atom. The van der Waals surface area contributed by atoms with E-state index in [-0.39, 0.29) is 17.9 Å². The van der Waals surface area contributed by atoms with Gasteiger partial charge in [-0.05, 0) is 32.2 Å². The van der Waals surface area contributed by atoms with Gasteiger partial charge in [0.15, 0.2) is 0 Å². The Morgan fingerprint density at radius 3 is 2.40 bits per heavy atom. The first-order chi connectivity index (χ1) is 9.70. The van der Waals surface area contributed by atoms with E-state index in [1.54, 1.807) is 7.05 Å². The number of rotatable bonds is 4. The normalized spacial score (nSPS) is 25.1. The van der Waals surface area contributed by atoms with Crippen LogP contribution in [-0.2, 0) is 9.59 Å². The second kappa shape index (κ2) is 7.62. The molecule has 2 rings (SSSR count). The lowest BCUT2D eigenvalue weighted by Gasteiger charge is -2.24. The average molecular weight is 281 g/mol. The van der Waals surface area contributed by atoms with Gasteiger partial charge in [-0.25, -0.2) is 0 Å². The van der Waals surface area contributed by atoms with Crippen LogP contribution in [-0.4, -0.2) is 48.9 Å². The van der Waals surface area contributed by atoms with E-state index in [2.05, 4.69) is 10.6 Å². The SMILES string of the molecule is CNC(=O)C1CCCN1CC(=O)NC1CCCCCC1. The van der Waals surface area contributed by atoms with Crippen molar-refractivity contribution in [2.45, 2.75) is 63.5 Å². The predicted octanol–water partition coefficient (Wildman–Crippen LogP) is 1.04. The molecule has 1 saturated carbocycles. The summed E-state index contributed by atoms with van der Waals surface area (Å²) in [7, 11) is 1.66. The Labute approximate surface area is 121 Å². The lowest BCUT2D eigenvalue weighted by atomic mass is 10.1. The third-order valence-corrected chi connectivity index (χ3v) is 4.48. The zero-order valence-electron chi connectivity index (χ0n) is 12.5. The molecule has 0 aromatic heterocycles. The summed E-state index contributed by atoms with van der Waals surface area (Å²) in [6.45, 7) is 1.20. The fourth-order valence-electron chi connectivity index (χ4n) is 3.36. The van der Waals surface area contributed by atoms with Crippen LogP contribution in [0.3, 0.4) is 0 Å². The van der Waals surface area contributed by atoms with Crippen LogP contribution >= 0.6 is 0 Å². The summed E-state index contributed by atoms with van der Waals surface area (Å²) in [6, 6.07) is 0.214. The van der Waals surface area contributed by atoms with Crippen molar-refractivity contribution < 1.29 is 9.59 Å². The second-order valence-corrected chi connectivity index (χ2v) is 6.00. The maximum atomic E-state index is 12.2. The van der Waals surface area contributed by atoms with E-state index in [0.29, 0.717) is 12.6 Å². The number of nitrogens with one attached hydrogen (secondary N) is 2. The molecule has 0 bridgehead atoms. The molecule has 114 valence electrons. The Morgan fingerprint density at radius 2 is 1.75 bits per heavy atom. The summed E-state index contributed by atoms with van der Waals surface area (Å²) in [5, 5.41) is 5.84. The molecule has 2 N–H and O–H groups in total. The zero-order chi connectivity index (χ0) is 14.4. The molecule has 5 nitrogen and oxygen atoms in total. The zero-order valence-corrected chi connectivity index (χ0v) is 12.5. The second-order valence-electron chi connectivity index (χ2n) is 6.00. The largest absolute Gasteiger partial charge is 0.358 e. The van der Waals surface area contributed by atoms with Gasteiger partial charge in [0.2, 0.25) is 11.8 Å². The van der Waals surface area contributed by atoms with Gasteiger partial charge < -0.3 is 10.6 Å². The fourth-order valence-corrected chi connectivity index (χ4v) is 3.36. The van der Waals surface area contributed by atoms with Gasteiger partial charge in [0.05, 0.1) is 12.6 Å². The van der Waals surface area contributed by atoms with Crippen LogP contribution in [0.5, 0.6) is 0 Å². The van der Waals surface area contributed by atoms with E-state index in [1.165, 1.54) is 25.7 Å². The number of hydrogen-bond donors (Lipinski definition) is 2. The first-order valence-electron chi connectivity index (χ1n) is 7.95. The molecule has 1 heterocycles. The highest BCUT2D eigenvalue weighted by atomic mass is 16.2. The predicted molar refractivity (Wildman–Crippen MR) is 78.3 cm³/mol. The van der Waals surface area contributed by atoms with Gasteiger partial charge in [0.25, 0.3) is 0 Å². The standard InChI is InChI=1S/C15H27N3O2/c1-16-15(20)13-9-6-10-18(13)11-14(19)17-12-7-4-2-3-5-8-12/h12-13H,2-11H2,1H3,(H,16,20)(H,17,19). The van der Waals surface area contributed by atoms with Gasteiger partial charge in [0.1, 0.15) is 0 Å². The van der Waals surface area contributed by atoms with E-state index in [4.69, 9.17) is 0 Å². The van der Waals surface area contributed by atoms with Crippen LogP contribution in [0, 0.1) is 0 Å². The molecule has 2 fully saturated rings. The van der Waals surface area contributed by atoms with E-state index < -0.39 is 0 Å². The molecule has 0 radical (unpaired) electrons. The summed E-state index contributed by atoms with van der Waals surface area (Å²) in [4.78, 5) is 25.9. The smallest absolute Gasteiger partial charge is 0.237 e. The molecule has 20 heavy (non-hydrogen) atoms. The van der Waals surface area contributed by atoms with Crippen LogP contribution in [0.1, 0.15) is 51.4 Å². The summed E-state index contributed by atoms with van der Waals surface area (Å²) < 4.78 is 0. The highest BCUT2D eigenvalue weighted by Gasteiger charge is 2.31. The number of nitrogens with zero attached hydrogens (tertiary/aromatic N) is 1. The minimum Gasteiger partial charge on any atom is -0.358 e. The lowest BCUT2D eigenvalue weighted by Crippen LogP contribution is -2.47. The first kappa shape index (κ1) is 15.3. The van der Waals surface area contributed by atoms with Gasteiger partial charge in [0, 0.05) is 13.1 Å². The Hall–Kier alpha value is -1.10. The van der Waals surface area contributed by atoms with E-state index in [9.17, 15) is 9.59 Å². The molecule has 1 unspecified atom stereocenters. The third kappa shape index (κ3) is 4.20. The molecule has 0 spiro atoms. The number of likely N-dealkylation sites (tertiary alicyclic amines) is 1. The molecule has 1 aliphatic carbocycles. The summed E-state index contributed by atoms with van der Waals surface area (Å²) >= 11 is 0. The highest BCUT2D eigenvalue weighted by molar-refractivity contribution is 5.83. The van der Waals surface area contributed by atoms with Gasteiger partial charge in [-0.1, -0.05) is 25.7 Å². The van der Waals surface area contributed by atoms with Crippen LogP contribution in [0.15, 0.2) is 0 Å². The molecule has 1 aliphatic heterocycles. The number of likely N-dealkylation sites (N-methyl/N-ethyl adjacent to an activating group) is 1. The first-order valence-corrected chi connectivity index (χ1v) is 7.95. The molecular formula is C15H27N3O2. The topological polar surface area (TPSA) is 61.4 Å². The molecule has 1 atom stereocenters. The quantitative estimate of drug-likeness (QED) is 0.757. The van der Waals surface area contributed by atoms with Crippen molar-refractivity contribution >= 4 is 11.8 Å². The summed E-state index contributed by atoms with van der Waals surface area (Å²) in [6.07, 6.45) is 9.07. The van der Waals surface area contributed by atoms with E-state index in [1.807, 2.05) is 4.90 Å². The third-order valence-electron chi connectivity index (χ3n) is 4.48. The number of amides is 2. The van der Waals surface area contributed by atoms with Crippen molar-refractivity contribution in [1.29, 1.82) is 0 Å². The van der Waals surface area contributed by atoms with Gasteiger partial charge in [-0.3, -0.25) is 14.5 Å². The van der Waals surface area contributed by atoms with Crippen molar-refractivity contribution in [3.8, 4) is 0 Å². The van der Waals surface area contributed by atoms with Gasteiger partial charge in [-0.2, -0.15) is 0 Å².